The van der Waals surface area contributed by atoms with Crippen LogP contribution in [0.3, 0.4) is 0 Å². The predicted molar refractivity (Wildman–Crippen MR) is 59.7 cm³/mol. The molecule has 0 aliphatic rings. The van der Waals surface area contributed by atoms with Gasteiger partial charge in [0.1, 0.15) is 12.4 Å². The fourth-order valence-corrected chi connectivity index (χ4v) is 1.88. The van der Waals surface area contributed by atoms with E-state index in [2.05, 4.69) is 15.3 Å². The number of hydrogen-bond donors (Lipinski definition) is 2. The number of rotatable bonds is 5. The Labute approximate surface area is 97.3 Å². The lowest BCUT2D eigenvalue weighted by Gasteiger charge is -2.11. The molecule has 0 spiro atoms. The van der Waals surface area contributed by atoms with Gasteiger partial charge in [0.05, 0.1) is 10.7 Å². The Kier molecular flexibility index (Phi) is 3.91. The van der Waals surface area contributed by atoms with Gasteiger partial charge in [0.2, 0.25) is 16.0 Å². The fraction of sp³-hybridized carbons (Fsp3) is 0.429. The van der Waals surface area contributed by atoms with Crippen LogP contribution in [-0.4, -0.2) is 35.1 Å². The molecule has 0 aliphatic heterocycles. The van der Waals surface area contributed by atoms with E-state index in [1.807, 2.05) is 0 Å². The maximum atomic E-state index is 10.8. The molecular formula is C7H11N5O4S. The Balaban J connectivity index is 2.66. The zero-order valence-electron chi connectivity index (χ0n) is 8.90. The lowest BCUT2D eigenvalue weighted by Crippen LogP contribution is -2.30. The number of nitro groups is 1. The molecule has 1 heterocycles. The quantitative estimate of drug-likeness (QED) is 0.536. The molecule has 0 saturated heterocycles. The van der Waals surface area contributed by atoms with Crippen LogP contribution in [0.4, 0.5) is 11.6 Å². The standard InChI is InChI=1S/C7H11N5O4S/c1-5(4-17(8,15)16)11-7-9-2-6(3-10-7)12(13)14/h2-3,5H,4H2,1H3,(H2,8,15,16)(H,9,10,11)/t5-/m0/s1. The van der Waals surface area contributed by atoms with E-state index in [0.717, 1.165) is 12.4 Å². The molecular weight excluding hydrogens is 250 g/mol. The average Bonchev–Trinajstić information content (AvgIpc) is 2.15. The topological polar surface area (TPSA) is 141 Å². The summed E-state index contributed by atoms with van der Waals surface area (Å²) in [5.41, 5.74) is -0.241. The lowest BCUT2D eigenvalue weighted by molar-refractivity contribution is -0.385. The molecule has 0 bridgehead atoms. The Hall–Kier alpha value is -1.81. The zero-order valence-corrected chi connectivity index (χ0v) is 9.72. The third kappa shape index (κ3) is 4.70. The highest BCUT2D eigenvalue weighted by Crippen LogP contribution is 2.08. The van der Waals surface area contributed by atoms with Crippen LogP contribution in [0.1, 0.15) is 6.92 Å². The number of anilines is 1. The molecule has 1 atom stereocenters. The molecule has 0 unspecified atom stereocenters. The van der Waals surface area contributed by atoms with Crippen molar-refractivity contribution in [2.75, 3.05) is 11.1 Å². The first kappa shape index (κ1) is 13.3. The van der Waals surface area contributed by atoms with Gasteiger partial charge in [0.25, 0.3) is 0 Å². The Bertz CT molecular complexity index is 500. The third-order valence-corrected chi connectivity index (χ3v) is 2.67. The molecule has 94 valence electrons. The number of hydrogen-bond acceptors (Lipinski definition) is 7. The van der Waals surface area contributed by atoms with Crippen LogP contribution in [-0.2, 0) is 10.0 Å². The average molecular weight is 261 g/mol. The van der Waals surface area contributed by atoms with Crippen molar-refractivity contribution in [1.29, 1.82) is 0 Å². The molecule has 0 fully saturated rings. The molecule has 1 rings (SSSR count). The van der Waals surface area contributed by atoms with E-state index in [4.69, 9.17) is 5.14 Å². The Morgan fingerprint density at radius 2 is 2.06 bits per heavy atom. The van der Waals surface area contributed by atoms with Crippen molar-refractivity contribution in [3.8, 4) is 0 Å². The van der Waals surface area contributed by atoms with Crippen molar-refractivity contribution in [3.05, 3.63) is 22.5 Å². The van der Waals surface area contributed by atoms with Crippen LogP contribution in [0.2, 0.25) is 0 Å². The molecule has 1 aromatic rings. The molecule has 0 aromatic carbocycles. The fourth-order valence-electron chi connectivity index (χ4n) is 1.10. The number of nitrogens with one attached hydrogen (secondary N) is 1. The second-order valence-corrected chi connectivity index (χ2v) is 5.06. The van der Waals surface area contributed by atoms with Crippen LogP contribution < -0.4 is 10.5 Å². The Morgan fingerprint density at radius 1 is 1.53 bits per heavy atom. The molecule has 9 nitrogen and oxygen atoms in total. The van der Waals surface area contributed by atoms with Crippen molar-refractivity contribution in [2.24, 2.45) is 5.14 Å². The van der Waals surface area contributed by atoms with Crippen LogP contribution in [0.25, 0.3) is 0 Å². The molecule has 1 aromatic heterocycles. The molecule has 17 heavy (non-hydrogen) atoms. The first-order chi connectivity index (χ1) is 7.78. The van der Waals surface area contributed by atoms with E-state index in [1.54, 1.807) is 6.92 Å². The minimum atomic E-state index is -3.59. The van der Waals surface area contributed by atoms with Gasteiger partial charge >= 0.3 is 5.69 Å². The maximum absolute atomic E-state index is 10.8. The zero-order chi connectivity index (χ0) is 13.1. The number of sulfonamides is 1. The van der Waals surface area contributed by atoms with Gasteiger partial charge in [-0.05, 0) is 6.92 Å². The van der Waals surface area contributed by atoms with Gasteiger partial charge in [-0.25, -0.2) is 23.5 Å². The number of nitrogens with two attached hydrogens (primary N) is 1. The first-order valence-corrected chi connectivity index (χ1v) is 6.23. The van der Waals surface area contributed by atoms with Crippen molar-refractivity contribution in [3.63, 3.8) is 0 Å². The minimum absolute atomic E-state index is 0.103. The van der Waals surface area contributed by atoms with Crippen LogP contribution in [0.5, 0.6) is 0 Å². The first-order valence-electron chi connectivity index (χ1n) is 4.51. The van der Waals surface area contributed by atoms with Gasteiger partial charge in [-0.3, -0.25) is 10.1 Å². The summed E-state index contributed by atoms with van der Waals surface area (Å²) < 4.78 is 21.6. The van der Waals surface area contributed by atoms with Gasteiger partial charge in [-0.2, -0.15) is 0 Å². The smallest absolute Gasteiger partial charge is 0.305 e. The van der Waals surface area contributed by atoms with Crippen molar-refractivity contribution < 1.29 is 13.3 Å². The number of aromatic nitrogens is 2. The van der Waals surface area contributed by atoms with Crippen LogP contribution >= 0.6 is 0 Å². The summed E-state index contributed by atoms with van der Waals surface area (Å²) in [6.07, 6.45) is 2.05. The van der Waals surface area contributed by atoms with E-state index in [1.165, 1.54) is 0 Å². The highest BCUT2D eigenvalue weighted by molar-refractivity contribution is 7.89. The second kappa shape index (κ2) is 5.01. The van der Waals surface area contributed by atoms with Gasteiger partial charge in [0.15, 0.2) is 0 Å². The Morgan fingerprint density at radius 3 is 2.47 bits per heavy atom. The summed E-state index contributed by atoms with van der Waals surface area (Å²) in [7, 11) is -3.59. The normalized spacial score (nSPS) is 13.1. The van der Waals surface area contributed by atoms with Gasteiger partial charge in [-0.15, -0.1) is 0 Å². The van der Waals surface area contributed by atoms with Gasteiger partial charge in [-0.1, -0.05) is 0 Å². The third-order valence-electron chi connectivity index (χ3n) is 1.71. The van der Waals surface area contributed by atoms with Gasteiger partial charge < -0.3 is 5.32 Å². The summed E-state index contributed by atoms with van der Waals surface area (Å²) in [4.78, 5) is 17.0. The predicted octanol–water partition coefficient (Wildman–Crippen LogP) is -0.526. The van der Waals surface area contributed by atoms with Crippen molar-refractivity contribution >= 4 is 21.7 Å². The molecule has 0 radical (unpaired) electrons. The van der Waals surface area contributed by atoms with Crippen molar-refractivity contribution in [2.45, 2.75) is 13.0 Å². The number of primary sulfonamides is 1. The second-order valence-electron chi connectivity index (χ2n) is 3.40. The highest BCUT2D eigenvalue weighted by Gasteiger charge is 2.13. The summed E-state index contributed by atoms with van der Waals surface area (Å²) in [5, 5.41) is 17.8. The molecule has 0 saturated carbocycles. The molecule has 3 N–H and O–H groups in total. The molecule has 0 amide bonds. The molecule has 0 aliphatic carbocycles. The SMILES string of the molecule is C[C@@H](CS(N)(=O)=O)Nc1ncc([N+](=O)[O-])cn1. The largest absolute Gasteiger partial charge is 0.351 e. The van der Waals surface area contributed by atoms with E-state index in [9.17, 15) is 18.5 Å². The van der Waals surface area contributed by atoms with Crippen LogP contribution in [0.15, 0.2) is 12.4 Å². The molecule has 10 heteroatoms. The monoisotopic (exact) mass is 261 g/mol. The maximum Gasteiger partial charge on any atom is 0.305 e. The van der Waals surface area contributed by atoms with E-state index >= 15 is 0 Å². The van der Waals surface area contributed by atoms with E-state index in [-0.39, 0.29) is 17.4 Å². The summed E-state index contributed by atoms with van der Waals surface area (Å²) in [6, 6.07) is -0.494. The summed E-state index contributed by atoms with van der Waals surface area (Å²) in [6.45, 7) is 1.58. The van der Waals surface area contributed by atoms with E-state index in [0.29, 0.717) is 0 Å². The van der Waals surface area contributed by atoms with Crippen LogP contribution in [0, 0.1) is 10.1 Å². The summed E-state index contributed by atoms with van der Waals surface area (Å²) in [5.74, 6) is -0.181. The number of nitrogens with zero attached hydrogens (tertiary/aromatic N) is 3. The van der Waals surface area contributed by atoms with Gasteiger partial charge in [0, 0.05) is 6.04 Å². The lowest BCUT2D eigenvalue weighted by atomic mass is 10.4. The summed E-state index contributed by atoms with van der Waals surface area (Å²) >= 11 is 0. The van der Waals surface area contributed by atoms with Crippen molar-refractivity contribution in [1.82, 2.24) is 9.97 Å². The minimum Gasteiger partial charge on any atom is -0.351 e. The van der Waals surface area contributed by atoms with E-state index < -0.39 is 21.0 Å². The highest BCUT2D eigenvalue weighted by atomic mass is 32.2.